The third-order valence-corrected chi connectivity index (χ3v) is 3.24. The van der Waals surface area contributed by atoms with Crippen molar-refractivity contribution < 1.29 is 19.4 Å². The summed E-state index contributed by atoms with van der Waals surface area (Å²) in [5.74, 6) is -1.57. The van der Waals surface area contributed by atoms with E-state index in [0.717, 1.165) is 5.56 Å². The minimum atomic E-state index is -1.42. The summed E-state index contributed by atoms with van der Waals surface area (Å²) in [6.07, 6.45) is 0. The maximum Gasteiger partial charge on any atom is 0.324 e. The van der Waals surface area contributed by atoms with E-state index >= 15 is 0 Å². The van der Waals surface area contributed by atoms with Gasteiger partial charge in [0.2, 0.25) is 5.91 Å². The highest BCUT2D eigenvalue weighted by molar-refractivity contribution is 6.10. The number of carbonyl (C=O) groups is 2. The van der Waals surface area contributed by atoms with Crippen molar-refractivity contribution in [2.45, 2.75) is 6.92 Å². The molecule has 1 heterocycles. The first-order valence-corrected chi connectivity index (χ1v) is 5.63. The molecule has 0 aliphatic carbocycles. The molecule has 0 spiro atoms. The molecular weight excluding hydrogens is 234 g/mol. The van der Waals surface area contributed by atoms with Crippen molar-refractivity contribution >= 4 is 17.6 Å². The van der Waals surface area contributed by atoms with Crippen LogP contribution < -0.4 is 4.90 Å². The molecule has 18 heavy (non-hydrogen) atoms. The Balaban J connectivity index is 2.23. The number of carboxylic acids is 1. The van der Waals surface area contributed by atoms with E-state index in [1.54, 1.807) is 19.2 Å². The average molecular weight is 249 g/mol. The summed E-state index contributed by atoms with van der Waals surface area (Å²) in [6.45, 7) is 1.83. The predicted molar refractivity (Wildman–Crippen MR) is 65.5 cm³/mol. The summed E-state index contributed by atoms with van der Waals surface area (Å²) in [4.78, 5) is 24.8. The van der Waals surface area contributed by atoms with Gasteiger partial charge in [-0.15, -0.1) is 0 Å². The number of amides is 1. The fraction of sp³-hybridized carbons (Fsp3) is 0.385. The van der Waals surface area contributed by atoms with E-state index in [2.05, 4.69) is 0 Å². The molecule has 1 saturated heterocycles. The van der Waals surface area contributed by atoms with Crippen molar-refractivity contribution in [2.75, 3.05) is 25.2 Å². The standard InChI is InChI=1S/C13H15NO4/c1-9-3-5-10(6-4-9)14(2)11(15)13(12(16)17)7-18-8-13/h3-6H,7-8H2,1-2H3,(H,16,17). The first-order valence-electron chi connectivity index (χ1n) is 5.63. The Kier molecular flexibility index (Phi) is 3.09. The minimum Gasteiger partial charge on any atom is -0.480 e. The minimum absolute atomic E-state index is 0.0582. The highest BCUT2D eigenvalue weighted by Crippen LogP contribution is 2.31. The topological polar surface area (TPSA) is 66.8 Å². The van der Waals surface area contributed by atoms with Gasteiger partial charge in [-0.25, -0.2) is 0 Å². The molecule has 1 aromatic rings. The van der Waals surface area contributed by atoms with Crippen LogP contribution in [0.5, 0.6) is 0 Å². The van der Waals surface area contributed by atoms with Crippen LogP contribution in [0, 0.1) is 12.3 Å². The number of ether oxygens (including phenoxy) is 1. The normalized spacial score (nSPS) is 16.8. The molecule has 96 valence electrons. The van der Waals surface area contributed by atoms with Crippen molar-refractivity contribution in [1.29, 1.82) is 0 Å². The molecule has 5 heteroatoms. The Hall–Kier alpha value is -1.88. The number of hydrogen-bond donors (Lipinski definition) is 1. The third kappa shape index (κ3) is 1.86. The number of aliphatic carboxylic acids is 1. The quantitative estimate of drug-likeness (QED) is 0.813. The van der Waals surface area contributed by atoms with Gasteiger partial charge in [0.1, 0.15) is 0 Å². The number of nitrogens with zero attached hydrogens (tertiary/aromatic N) is 1. The average Bonchev–Trinajstić information content (AvgIpc) is 2.27. The van der Waals surface area contributed by atoms with Gasteiger partial charge in [0, 0.05) is 12.7 Å². The lowest BCUT2D eigenvalue weighted by atomic mass is 9.84. The van der Waals surface area contributed by atoms with Gasteiger partial charge >= 0.3 is 5.97 Å². The number of anilines is 1. The van der Waals surface area contributed by atoms with Gasteiger partial charge in [0.25, 0.3) is 0 Å². The first kappa shape index (κ1) is 12.6. The largest absolute Gasteiger partial charge is 0.480 e. The van der Waals surface area contributed by atoms with E-state index in [-0.39, 0.29) is 13.2 Å². The molecular formula is C13H15NO4. The summed E-state index contributed by atoms with van der Waals surface area (Å²) >= 11 is 0. The van der Waals surface area contributed by atoms with Gasteiger partial charge in [-0.1, -0.05) is 17.7 Å². The molecule has 0 radical (unpaired) electrons. The Labute approximate surface area is 105 Å². The molecule has 0 atom stereocenters. The number of benzene rings is 1. The highest BCUT2D eigenvalue weighted by Gasteiger charge is 2.54. The van der Waals surface area contributed by atoms with E-state index in [0.29, 0.717) is 5.69 Å². The zero-order chi connectivity index (χ0) is 13.3. The van der Waals surface area contributed by atoms with Crippen LogP contribution in [0.4, 0.5) is 5.69 Å². The number of aryl methyl sites for hydroxylation is 1. The highest BCUT2D eigenvalue weighted by atomic mass is 16.5. The lowest BCUT2D eigenvalue weighted by molar-refractivity contribution is -0.183. The molecule has 1 aliphatic rings. The van der Waals surface area contributed by atoms with Crippen LogP contribution in [0.3, 0.4) is 0 Å². The summed E-state index contributed by atoms with van der Waals surface area (Å²) in [7, 11) is 1.58. The van der Waals surface area contributed by atoms with Crippen LogP contribution in [0.1, 0.15) is 5.56 Å². The number of carbonyl (C=O) groups excluding carboxylic acids is 1. The van der Waals surface area contributed by atoms with E-state index in [1.165, 1.54) is 4.90 Å². The molecule has 5 nitrogen and oxygen atoms in total. The Morgan fingerprint density at radius 1 is 1.28 bits per heavy atom. The van der Waals surface area contributed by atoms with Crippen LogP contribution in [-0.2, 0) is 14.3 Å². The van der Waals surface area contributed by atoms with Gasteiger partial charge in [-0.05, 0) is 19.1 Å². The van der Waals surface area contributed by atoms with Crippen LogP contribution in [0.15, 0.2) is 24.3 Å². The van der Waals surface area contributed by atoms with Gasteiger partial charge < -0.3 is 14.7 Å². The molecule has 1 N–H and O–H groups in total. The van der Waals surface area contributed by atoms with Crippen LogP contribution >= 0.6 is 0 Å². The lowest BCUT2D eigenvalue weighted by Gasteiger charge is -2.38. The molecule has 0 bridgehead atoms. The van der Waals surface area contributed by atoms with E-state index in [4.69, 9.17) is 9.84 Å². The Morgan fingerprint density at radius 2 is 1.83 bits per heavy atom. The van der Waals surface area contributed by atoms with E-state index in [1.807, 2.05) is 19.1 Å². The maximum absolute atomic E-state index is 12.2. The lowest BCUT2D eigenvalue weighted by Crippen LogP contribution is -2.59. The van der Waals surface area contributed by atoms with Gasteiger partial charge in [0.05, 0.1) is 13.2 Å². The second-order valence-corrected chi connectivity index (χ2v) is 4.58. The van der Waals surface area contributed by atoms with Crippen molar-refractivity contribution in [3.8, 4) is 0 Å². The molecule has 1 aliphatic heterocycles. The zero-order valence-electron chi connectivity index (χ0n) is 10.3. The number of rotatable bonds is 3. The summed E-state index contributed by atoms with van der Waals surface area (Å²) in [6, 6.07) is 7.35. The second kappa shape index (κ2) is 4.42. The fourth-order valence-electron chi connectivity index (χ4n) is 1.85. The van der Waals surface area contributed by atoms with Crippen molar-refractivity contribution in [3.63, 3.8) is 0 Å². The van der Waals surface area contributed by atoms with Gasteiger partial charge in [-0.2, -0.15) is 0 Å². The molecule has 0 aromatic heterocycles. The van der Waals surface area contributed by atoms with Crippen molar-refractivity contribution in [1.82, 2.24) is 0 Å². The molecule has 1 aromatic carbocycles. The molecule has 1 amide bonds. The van der Waals surface area contributed by atoms with Crippen LogP contribution in [-0.4, -0.2) is 37.2 Å². The predicted octanol–water partition coefficient (Wildman–Crippen LogP) is 1.06. The number of hydrogen-bond acceptors (Lipinski definition) is 3. The molecule has 0 unspecified atom stereocenters. The summed E-state index contributed by atoms with van der Waals surface area (Å²) in [5, 5.41) is 9.17. The van der Waals surface area contributed by atoms with Crippen LogP contribution in [0.25, 0.3) is 0 Å². The monoisotopic (exact) mass is 249 g/mol. The van der Waals surface area contributed by atoms with Crippen molar-refractivity contribution in [2.24, 2.45) is 5.41 Å². The number of carboxylic acid groups (broad SMARTS) is 1. The smallest absolute Gasteiger partial charge is 0.324 e. The zero-order valence-corrected chi connectivity index (χ0v) is 10.3. The van der Waals surface area contributed by atoms with Gasteiger partial charge in [-0.3, -0.25) is 9.59 Å². The van der Waals surface area contributed by atoms with Crippen LogP contribution in [0.2, 0.25) is 0 Å². The van der Waals surface area contributed by atoms with E-state index in [9.17, 15) is 9.59 Å². The molecule has 0 saturated carbocycles. The Bertz CT molecular complexity index is 476. The first-order chi connectivity index (χ1) is 8.47. The Morgan fingerprint density at radius 3 is 2.22 bits per heavy atom. The maximum atomic E-state index is 12.2. The molecule has 1 fully saturated rings. The van der Waals surface area contributed by atoms with Crippen molar-refractivity contribution in [3.05, 3.63) is 29.8 Å². The SMILES string of the molecule is Cc1ccc(N(C)C(=O)C2(C(=O)O)COC2)cc1. The van der Waals surface area contributed by atoms with Gasteiger partial charge in [0.15, 0.2) is 5.41 Å². The second-order valence-electron chi connectivity index (χ2n) is 4.58. The van der Waals surface area contributed by atoms with E-state index < -0.39 is 17.3 Å². The summed E-state index contributed by atoms with van der Waals surface area (Å²) in [5.41, 5.74) is 0.345. The third-order valence-electron chi connectivity index (χ3n) is 3.24. The summed E-state index contributed by atoms with van der Waals surface area (Å²) < 4.78 is 4.90. The molecule has 2 rings (SSSR count). The fourth-order valence-corrected chi connectivity index (χ4v) is 1.85.